The molecular weight excluding hydrogens is 188 g/mol. The van der Waals surface area contributed by atoms with E-state index in [0.717, 1.165) is 19.6 Å². The van der Waals surface area contributed by atoms with Crippen LogP contribution in [0.5, 0.6) is 0 Å². The van der Waals surface area contributed by atoms with Gasteiger partial charge in [-0.2, -0.15) is 0 Å². The molecule has 1 unspecified atom stereocenters. The Morgan fingerprint density at radius 3 is 2.40 bits per heavy atom. The van der Waals surface area contributed by atoms with E-state index in [1.165, 1.54) is 0 Å². The molecule has 90 valence electrons. The second-order valence-corrected chi connectivity index (χ2v) is 5.96. The van der Waals surface area contributed by atoms with E-state index < -0.39 is 0 Å². The van der Waals surface area contributed by atoms with Gasteiger partial charge >= 0.3 is 0 Å². The molecule has 0 aromatic carbocycles. The summed E-state index contributed by atoms with van der Waals surface area (Å²) in [5.74, 6) is 0. The minimum absolute atomic E-state index is 0.262. The van der Waals surface area contributed by atoms with E-state index in [1.807, 2.05) is 0 Å². The Hall–Kier alpha value is -0.120. The Balaban J connectivity index is 2.81. The fourth-order valence-corrected chi connectivity index (χ4v) is 2.70. The van der Waals surface area contributed by atoms with Crippen LogP contribution in [0.15, 0.2) is 0 Å². The number of hydrogen-bond acceptors (Lipinski definition) is 3. The number of aliphatic hydroxyl groups is 1. The predicted molar refractivity (Wildman–Crippen MR) is 64.0 cm³/mol. The van der Waals surface area contributed by atoms with Crippen molar-refractivity contribution in [1.82, 2.24) is 9.80 Å². The first-order chi connectivity index (χ1) is 6.85. The summed E-state index contributed by atoms with van der Waals surface area (Å²) in [6.45, 7) is 12.4. The summed E-state index contributed by atoms with van der Waals surface area (Å²) in [6, 6.07) is 0.796. The topological polar surface area (TPSA) is 26.7 Å². The highest BCUT2D eigenvalue weighted by Gasteiger charge is 2.33. The highest BCUT2D eigenvalue weighted by molar-refractivity contribution is 4.88. The average Bonchev–Trinajstić information content (AvgIpc) is 2.20. The summed E-state index contributed by atoms with van der Waals surface area (Å²) in [4.78, 5) is 4.77. The van der Waals surface area contributed by atoms with E-state index in [4.69, 9.17) is 0 Å². The largest absolute Gasteiger partial charge is 0.395 e. The fraction of sp³-hybridized carbons (Fsp3) is 1.00. The third kappa shape index (κ3) is 3.44. The van der Waals surface area contributed by atoms with Gasteiger partial charge in [0.2, 0.25) is 0 Å². The summed E-state index contributed by atoms with van der Waals surface area (Å²) in [5.41, 5.74) is 0.308. The maximum atomic E-state index is 9.45. The lowest BCUT2D eigenvalue weighted by Crippen LogP contribution is -2.47. The molecule has 1 aliphatic rings. The SMILES string of the molecule is CC(C)N1CC(C)(C)CN(C)CC1CO. The zero-order valence-corrected chi connectivity index (χ0v) is 10.8. The Labute approximate surface area is 94.1 Å². The van der Waals surface area contributed by atoms with E-state index in [1.54, 1.807) is 0 Å². The third-order valence-electron chi connectivity index (χ3n) is 3.17. The molecule has 1 atom stereocenters. The van der Waals surface area contributed by atoms with Crippen molar-refractivity contribution in [1.29, 1.82) is 0 Å². The van der Waals surface area contributed by atoms with E-state index in [0.29, 0.717) is 11.5 Å². The van der Waals surface area contributed by atoms with Gasteiger partial charge in [-0.3, -0.25) is 4.90 Å². The quantitative estimate of drug-likeness (QED) is 0.744. The molecule has 0 bridgehead atoms. The molecule has 0 aromatic rings. The number of nitrogens with zero attached hydrogens (tertiary/aromatic N) is 2. The number of aliphatic hydroxyl groups excluding tert-OH is 1. The van der Waals surface area contributed by atoms with Crippen molar-refractivity contribution in [3.05, 3.63) is 0 Å². The second-order valence-electron chi connectivity index (χ2n) is 5.96. The standard InChI is InChI=1S/C12H26N2O/c1-10(2)14-9-12(3,4)8-13(5)6-11(14)7-15/h10-11,15H,6-9H2,1-5H3. The zero-order chi connectivity index (χ0) is 11.6. The van der Waals surface area contributed by atoms with Crippen LogP contribution >= 0.6 is 0 Å². The minimum Gasteiger partial charge on any atom is -0.395 e. The number of rotatable bonds is 2. The maximum absolute atomic E-state index is 9.45. The molecule has 1 saturated heterocycles. The van der Waals surface area contributed by atoms with Crippen molar-refractivity contribution < 1.29 is 5.11 Å². The molecule has 3 nitrogen and oxygen atoms in total. The van der Waals surface area contributed by atoms with Gasteiger partial charge in [-0.1, -0.05) is 13.8 Å². The third-order valence-corrected chi connectivity index (χ3v) is 3.17. The van der Waals surface area contributed by atoms with E-state index in [-0.39, 0.29) is 12.6 Å². The Bertz CT molecular complexity index is 204. The Morgan fingerprint density at radius 1 is 1.33 bits per heavy atom. The molecule has 1 aliphatic heterocycles. The molecule has 1 N–H and O–H groups in total. The summed E-state index contributed by atoms with van der Waals surface area (Å²) in [7, 11) is 2.15. The molecule has 1 fully saturated rings. The highest BCUT2D eigenvalue weighted by Crippen LogP contribution is 2.25. The summed E-state index contributed by atoms with van der Waals surface area (Å²) in [6.07, 6.45) is 0. The Morgan fingerprint density at radius 2 is 1.93 bits per heavy atom. The van der Waals surface area contributed by atoms with Crippen LogP contribution in [0, 0.1) is 5.41 Å². The van der Waals surface area contributed by atoms with Crippen molar-refractivity contribution in [2.45, 2.75) is 39.8 Å². The van der Waals surface area contributed by atoms with Crippen LogP contribution in [-0.2, 0) is 0 Å². The first-order valence-corrected chi connectivity index (χ1v) is 5.91. The first kappa shape index (κ1) is 12.9. The van der Waals surface area contributed by atoms with Gasteiger partial charge in [-0.25, -0.2) is 0 Å². The molecular formula is C12H26N2O. The normalized spacial score (nSPS) is 29.4. The van der Waals surface area contributed by atoms with Crippen molar-refractivity contribution in [2.24, 2.45) is 5.41 Å². The maximum Gasteiger partial charge on any atom is 0.0599 e. The highest BCUT2D eigenvalue weighted by atomic mass is 16.3. The Kier molecular flexibility index (Phi) is 4.15. The van der Waals surface area contributed by atoms with Crippen LogP contribution in [0.4, 0.5) is 0 Å². The average molecular weight is 214 g/mol. The van der Waals surface area contributed by atoms with Crippen molar-refractivity contribution in [2.75, 3.05) is 33.3 Å². The molecule has 0 spiro atoms. The van der Waals surface area contributed by atoms with Gasteiger partial charge < -0.3 is 10.0 Å². The van der Waals surface area contributed by atoms with Crippen molar-refractivity contribution in [3.63, 3.8) is 0 Å². The van der Waals surface area contributed by atoms with Gasteiger partial charge in [0, 0.05) is 31.7 Å². The van der Waals surface area contributed by atoms with Gasteiger partial charge in [-0.15, -0.1) is 0 Å². The van der Waals surface area contributed by atoms with Gasteiger partial charge in [0.15, 0.2) is 0 Å². The summed E-state index contributed by atoms with van der Waals surface area (Å²) < 4.78 is 0. The lowest BCUT2D eigenvalue weighted by atomic mass is 9.92. The van der Waals surface area contributed by atoms with Crippen LogP contribution in [0.25, 0.3) is 0 Å². The van der Waals surface area contributed by atoms with Crippen LogP contribution < -0.4 is 0 Å². The van der Waals surface area contributed by atoms with Gasteiger partial charge in [0.05, 0.1) is 6.61 Å². The van der Waals surface area contributed by atoms with Crippen LogP contribution in [0.2, 0.25) is 0 Å². The predicted octanol–water partition coefficient (Wildman–Crippen LogP) is 1.03. The summed E-state index contributed by atoms with van der Waals surface area (Å²) >= 11 is 0. The molecule has 15 heavy (non-hydrogen) atoms. The number of hydrogen-bond donors (Lipinski definition) is 1. The smallest absolute Gasteiger partial charge is 0.0599 e. The monoisotopic (exact) mass is 214 g/mol. The molecule has 1 rings (SSSR count). The van der Waals surface area contributed by atoms with Crippen molar-refractivity contribution >= 4 is 0 Å². The van der Waals surface area contributed by atoms with Gasteiger partial charge in [0.25, 0.3) is 0 Å². The fourth-order valence-electron chi connectivity index (χ4n) is 2.70. The lowest BCUT2D eigenvalue weighted by Gasteiger charge is -2.36. The summed E-state index contributed by atoms with van der Waals surface area (Å²) in [5, 5.41) is 9.45. The van der Waals surface area contributed by atoms with Gasteiger partial charge in [-0.05, 0) is 26.3 Å². The molecule has 0 saturated carbocycles. The van der Waals surface area contributed by atoms with Crippen molar-refractivity contribution in [3.8, 4) is 0 Å². The first-order valence-electron chi connectivity index (χ1n) is 5.91. The molecule has 0 aliphatic carbocycles. The van der Waals surface area contributed by atoms with Crippen LogP contribution in [0.1, 0.15) is 27.7 Å². The van der Waals surface area contributed by atoms with Crippen LogP contribution in [0.3, 0.4) is 0 Å². The van der Waals surface area contributed by atoms with E-state index in [9.17, 15) is 5.11 Å². The van der Waals surface area contributed by atoms with Gasteiger partial charge in [0.1, 0.15) is 0 Å². The molecule has 0 amide bonds. The lowest BCUT2D eigenvalue weighted by molar-refractivity contribution is 0.0779. The zero-order valence-electron chi connectivity index (χ0n) is 10.8. The molecule has 1 heterocycles. The van der Waals surface area contributed by atoms with Crippen LogP contribution in [-0.4, -0.2) is 60.3 Å². The molecule has 0 radical (unpaired) electrons. The molecule has 3 heteroatoms. The number of likely N-dealkylation sites (N-methyl/N-ethyl adjacent to an activating group) is 1. The van der Waals surface area contributed by atoms with E-state index >= 15 is 0 Å². The second kappa shape index (κ2) is 4.81. The minimum atomic E-state index is 0.262. The molecule has 0 aromatic heterocycles. The van der Waals surface area contributed by atoms with E-state index in [2.05, 4.69) is 44.5 Å².